The van der Waals surface area contributed by atoms with Crippen LogP contribution in [0.5, 0.6) is 0 Å². The van der Waals surface area contributed by atoms with Crippen molar-refractivity contribution in [3.8, 4) is 0 Å². The lowest BCUT2D eigenvalue weighted by molar-refractivity contribution is -0.211. The van der Waals surface area contributed by atoms with E-state index >= 15 is 0 Å². The maximum atomic E-state index is 11.6. The SMILES string of the molecule is CCCCC1([C@@H](/C=C/[C@@H]2[C@@H](C/C=C\CCCC(=O)OC)[C@H](OC=O)C[C@H]2OC2CCCCO2)OC2CCCCO2)CCC1. The van der Waals surface area contributed by atoms with Gasteiger partial charge in [0.05, 0.1) is 19.3 Å². The Morgan fingerprint density at radius 1 is 0.977 bits per heavy atom. The molecule has 8 heteroatoms. The molecule has 0 aromatic heterocycles. The van der Waals surface area contributed by atoms with Crippen molar-refractivity contribution in [3.63, 3.8) is 0 Å². The smallest absolute Gasteiger partial charge is 0.305 e. The van der Waals surface area contributed by atoms with Crippen LogP contribution < -0.4 is 0 Å². The minimum absolute atomic E-state index is 0.0111. The number of ether oxygens (including phenoxy) is 6. The first-order chi connectivity index (χ1) is 21.1. The largest absolute Gasteiger partial charge is 0.469 e. The van der Waals surface area contributed by atoms with Gasteiger partial charge in [-0.15, -0.1) is 0 Å². The second-order valence-corrected chi connectivity index (χ2v) is 13.0. The minimum atomic E-state index is -0.237. The average Bonchev–Trinajstić information content (AvgIpc) is 3.32. The fourth-order valence-electron chi connectivity index (χ4n) is 7.33. The molecule has 8 nitrogen and oxygen atoms in total. The van der Waals surface area contributed by atoms with Crippen LogP contribution in [0, 0.1) is 17.3 Å². The van der Waals surface area contributed by atoms with Crippen LogP contribution in [0.3, 0.4) is 0 Å². The molecule has 0 amide bonds. The third kappa shape index (κ3) is 10.1. The lowest BCUT2D eigenvalue weighted by atomic mass is 9.62. The predicted octanol–water partition coefficient (Wildman–Crippen LogP) is 7.19. The summed E-state index contributed by atoms with van der Waals surface area (Å²) >= 11 is 0. The summed E-state index contributed by atoms with van der Waals surface area (Å²) < 4.78 is 35.9. The van der Waals surface area contributed by atoms with Crippen LogP contribution in [0.2, 0.25) is 0 Å². The Hall–Kier alpha value is -1.74. The second kappa shape index (κ2) is 18.3. The quantitative estimate of drug-likeness (QED) is 0.0703. The molecule has 0 spiro atoms. The van der Waals surface area contributed by atoms with Crippen molar-refractivity contribution in [3.05, 3.63) is 24.3 Å². The third-order valence-electron chi connectivity index (χ3n) is 10.0. The van der Waals surface area contributed by atoms with Crippen LogP contribution in [0.4, 0.5) is 0 Å². The van der Waals surface area contributed by atoms with Crippen LogP contribution in [-0.2, 0) is 38.0 Å². The van der Waals surface area contributed by atoms with E-state index in [4.69, 9.17) is 28.4 Å². The Balaban J connectivity index is 1.53. The first kappa shape index (κ1) is 34.1. The molecular formula is C35H56O8. The number of methoxy groups -OCH3 is 1. The Labute approximate surface area is 259 Å². The van der Waals surface area contributed by atoms with Gasteiger partial charge >= 0.3 is 5.97 Å². The summed E-state index contributed by atoms with van der Waals surface area (Å²) in [5.41, 5.74) is 0.155. The first-order valence-corrected chi connectivity index (χ1v) is 17.1. The molecule has 0 aromatic rings. The summed E-state index contributed by atoms with van der Waals surface area (Å²) in [4.78, 5) is 23.1. The highest BCUT2D eigenvalue weighted by atomic mass is 16.7. The van der Waals surface area contributed by atoms with Crippen molar-refractivity contribution in [2.75, 3.05) is 20.3 Å². The highest BCUT2D eigenvalue weighted by Gasteiger charge is 2.47. The molecule has 2 saturated heterocycles. The van der Waals surface area contributed by atoms with Gasteiger partial charge < -0.3 is 28.4 Å². The minimum Gasteiger partial charge on any atom is -0.469 e. The fourth-order valence-corrected chi connectivity index (χ4v) is 7.33. The van der Waals surface area contributed by atoms with Crippen molar-refractivity contribution >= 4 is 12.4 Å². The van der Waals surface area contributed by atoms with Crippen LogP contribution in [0.15, 0.2) is 24.3 Å². The monoisotopic (exact) mass is 604 g/mol. The summed E-state index contributed by atoms with van der Waals surface area (Å²) in [6, 6.07) is 0. The molecule has 2 aliphatic heterocycles. The Morgan fingerprint density at radius 2 is 1.74 bits per heavy atom. The van der Waals surface area contributed by atoms with Gasteiger partial charge in [0.25, 0.3) is 6.47 Å². The van der Waals surface area contributed by atoms with Crippen LogP contribution in [0.1, 0.15) is 116 Å². The van der Waals surface area contributed by atoms with E-state index in [2.05, 4.69) is 31.2 Å². The number of unbranched alkanes of at least 4 members (excludes halogenated alkanes) is 2. The van der Waals surface area contributed by atoms with Gasteiger partial charge in [0, 0.05) is 43.3 Å². The molecule has 4 fully saturated rings. The molecule has 7 atom stereocenters. The van der Waals surface area contributed by atoms with Crippen LogP contribution in [-0.4, -0.2) is 63.7 Å². The molecule has 0 bridgehead atoms. The Kier molecular flexibility index (Phi) is 14.5. The Morgan fingerprint density at radius 3 is 2.37 bits per heavy atom. The number of allylic oxidation sites excluding steroid dienone is 2. The molecule has 43 heavy (non-hydrogen) atoms. The molecule has 244 valence electrons. The summed E-state index contributed by atoms with van der Waals surface area (Å²) in [6.45, 7) is 4.33. The highest BCUT2D eigenvalue weighted by Crippen LogP contribution is 2.51. The van der Waals surface area contributed by atoms with E-state index in [-0.39, 0.29) is 54.1 Å². The summed E-state index contributed by atoms with van der Waals surface area (Å²) in [6.07, 6.45) is 25.0. The molecule has 2 saturated carbocycles. The Bertz CT molecular complexity index is 871. The number of carbonyl (C=O) groups is 2. The third-order valence-corrected chi connectivity index (χ3v) is 10.0. The first-order valence-electron chi connectivity index (χ1n) is 17.1. The van der Waals surface area contributed by atoms with E-state index in [0.717, 1.165) is 71.0 Å². The number of esters is 1. The topological polar surface area (TPSA) is 89.5 Å². The van der Waals surface area contributed by atoms with Crippen molar-refractivity contribution in [1.29, 1.82) is 0 Å². The number of hydrogen-bond donors (Lipinski definition) is 0. The molecule has 2 heterocycles. The number of rotatable bonds is 18. The fraction of sp³-hybridized carbons (Fsp3) is 0.829. The molecule has 4 aliphatic rings. The van der Waals surface area contributed by atoms with Crippen LogP contribution >= 0.6 is 0 Å². The van der Waals surface area contributed by atoms with E-state index in [1.54, 1.807) is 0 Å². The zero-order valence-electron chi connectivity index (χ0n) is 26.6. The van der Waals surface area contributed by atoms with Gasteiger partial charge in [0.1, 0.15) is 6.10 Å². The van der Waals surface area contributed by atoms with Gasteiger partial charge in [-0.25, -0.2) is 0 Å². The van der Waals surface area contributed by atoms with E-state index in [1.165, 1.54) is 45.6 Å². The highest BCUT2D eigenvalue weighted by molar-refractivity contribution is 5.69. The van der Waals surface area contributed by atoms with Gasteiger partial charge in [-0.2, -0.15) is 0 Å². The van der Waals surface area contributed by atoms with Gasteiger partial charge in [-0.3, -0.25) is 9.59 Å². The predicted molar refractivity (Wildman–Crippen MR) is 164 cm³/mol. The van der Waals surface area contributed by atoms with E-state index in [1.807, 2.05) is 0 Å². The van der Waals surface area contributed by atoms with Gasteiger partial charge in [0.2, 0.25) is 0 Å². The average molecular weight is 605 g/mol. The van der Waals surface area contributed by atoms with Crippen LogP contribution in [0.25, 0.3) is 0 Å². The lowest BCUT2D eigenvalue weighted by Gasteiger charge is -2.48. The summed E-state index contributed by atoms with van der Waals surface area (Å²) in [5, 5.41) is 0. The molecule has 0 N–H and O–H groups in total. The standard InChI is InChI=1S/C35H56O8/c1-3-4-20-35(21-13-22-35)31(43-34-17-10-12-24-40-34)19-18-28-27(14-7-5-6-8-15-32(37)38-2)29(41-26-36)25-30(28)42-33-16-9-11-23-39-33/h5,7,18-19,26-31,33-34H,3-4,6,8-17,20-25H2,1-2H3/b7-5-,19-18+/t27-,28-,29-,30-,31-,33?,34?/m1/s1. The van der Waals surface area contributed by atoms with Crippen molar-refractivity contribution in [1.82, 2.24) is 0 Å². The summed E-state index contributed by atoms with van der Waals surface area (Å²) in [7, 11) is 1.42. The zero-order valence-corrected chi connectivity index (χ0v) is 26.6. The van der Waals surface area contributed by atoms with E-state index in [9.17, 15) is 9.59 Å². The van der Waals surface area contributed by atoms with Gasteiger partial charge in [0.15, 0.2) is 12.6 Å². The van der Waals surface area contributed by atoms with Gasteiger partial charge in [-0.05, 0) is 77.0 Å². The normalized spacial score (nSPS) is 31.6. The molecule has 2 aliphatic carbocycles. The number of carbonyl (C=O) groups excluding carboxylic acids is 2. The number of hydrogen-bond acceptors (Lipinski definition) is 8. The molecule has 0 aromatic carbocycles. The zero-order chi connectivity index (χ0) is 30.3. The van der Waals surface area contributed by atoms with Crippen molar-refractivity contribution in [2.45, 2.75) is 147 Å². The lowest BCUT2D eigenvalue weighted by Crippen LogP contribution is -2.44. The van der Waals surface area contributed by atoms with Gasteiger partial charge in [-0.1, -0.05) is 50.5 Å². The molecule has 2 unspecified atom stereocenters. The maximum Gasteiger partial charge on any atom is 0.305 e. The second-order valence-electron chi connectivity index (χ2n) is 13.0. The van der Waals surface area contributed by atoms with Crippen molar-refractivity contribution < 1.29 is 38.0 Å². The van der Waals surface area contributed by atoms with Crippen molar-refractivity contribution in [2.24, 2.45) is 17.3 Å². The molecule has 4 rings (SSSR count). The van der Waals surface area contributed by atoms with E-state index in [0.29, 0.717) is 19.3 Å². The maximum absolute atomic E-state index is 11.6. The van der Waals surface area contributed by atoms with E-state index < -0.39 is 0 Å². The molecule has 0 radical (unpaired) electrons. The summed E-state index contributed by atoms with van der Waals surface area (Å²) in [5.74, 6) is -0.0549. The molecular weight excluding hydrogens is 548 g/mol.